The van der Waals surface area contributed by atoms with Gasteiger partial charge >= 0.3 is 0 Å². The molecule has 0 unspecified atom stereocenters. The summed E-state index contributed by atoms with van der Waals surface area (Å²) in [6, 6.07) is 39.0. The van der Waals surface area contributed by atoms with Gasteiger partial charge in [0.2, 0.25) is 0 Å². The highest BCUT2D eigenvalue weighted by atomic mass is 15.1. The minimum Gasteiger partial charge on any atom is -0.345 e. The third-order valence-corrected chi connectivity index (χ3v) is 4.91. The van der Waals surface area contributed by atoms with Gasteiger partial charge in [0.25, 0.3) is 0 Å². The van der Waals surface area contributed by atoms with E-state index in [-0.39, 0.29) is 0 Å². The largest absolute Gasteiger partial charge is 0.345 e. The van der Waals surface area contributed by atoms with Crippen LogP contribution in [-0.2, 0) is 0 Å². The molecule has 0 N–H and O–H groups in total. The SMILES string of the molecule is CN(c1ccc(C#N)cc1)c1ccc(N(c2ccccc2)c2ccccc2)cc1. The first-order valence-corrected chi connectivity index (χ1v) is 9.50. The van der Waals surface area contributed by atoms with Crippen molar-refractivity contribution in [2.75, 3.05) is 16.8 Å². The van der Waals surface area contributed by atoms with Crippen molar-refractivity contribution >= 4 is 28.4 Å². The van der Waals surface area contributed by atoms with Crippen LogP contribution in [0.25, 0.3) is 0 Å². The zero-order valence-corrected chi connectivity index (χ0v) is 16.2. The van der Waals surface area contributed by atoms with Crippen LogP contribution >= 0.6 is 0 Å². The van der Waals surface area contributed by atoms with Gasteiger partial charge in [-0.1, -0.05) is 36.4 Å². The van der Waals surface area contributed by atoms with Gasteiger partial charge in [-0.3, -0.25) is 0 Å². The third kappa shape index (κ3) is 3.97. The van der Waals surface area contributed by atoms with Crippen LogP contribution in [0.4, 0.5) is 28.4 Å². The molecule has 0 aromatic heterocycles. The number of hydrogen-bond donors (Lipinski definition) is 0. The Hall–Kier alpha value is -4.03. The van der Waals surface area contributed by atoms with E-state index in [0.29, 0.717) is 5.56 Å². The first-order chi connectivity index (χ1) is 14.3. The van der Waals surface area contributed by atoms with E-state index in [1.165, 1.54) is 0 Å². The molecule has 3 nitrogen and oxygen atoms in total. The minimum absolute atomic E-state index is 0.666. The van der Waals surface area contributed by atoms with E-state index < -0.39 is 0 Å². The van der Waals surface area contributed by atoms with E-state index in [2.05, 4.69) is 88.7 Å². The Morgan fingerprint density at radius 2 is 0.897 bits per heavy atom. The zero-order valence-electron chi connectivity index (χ0n) is 16.2. The molecule has 140 valence electrons. The van der Waals surface area contributed by atoms with Crippen molar-refractivity contribution in [3.05, 3.63) is 115 Å². The van der Waals surface area contributed by atoms with Gasteiger partial charge in [-0.05, 0) is 72.8 Å². The molecule has 0 aliphatic carbocycles. The lowest BCUT2D eigenvalue weighted by Gasteiger charge is -2.26. The molecule has 0 atom stereocenters. The summed E-state index contributed by atoms with van der Waals surface area (Å²) >= 11 is 0. The maximum Gasteiger partial charge on any atom is 0.0991 e. The molecule has 0 amide bonds. The summed E-state index contributed by atoms with van der Waals surface area (Å²) in [5.74, 6) is 0. The van der Waals surface area contributed by atoms with Crippen molar-refractivity contribution in [2.24, 2.45) is 0 Å². The highest BCUT2D eigenvalue weighted by Gasteiger charge is 2.12. The minimum atomic E-state index is 0.666. The lowest BCUT2D eigenvalue weighted by molar-refractivity contribution is 1.20. The summed E-state index contributed by atoms with van der Waals surface area (Å²) in [5.41, 5.74) is 6.12. The Morgan fingerprint density at radius 3 is 1.34 bits per heavy atom. The summed E-state index contributed by atoms with van der Waals surface area (Å²) in [6.45, 7) is 0. The molecule has 3 heteroatoms. The summed E-state index contributed by atoms with van der Waals surface area (Å²) in [4.78, 5) is 4.35. The lowest BCUT2D eigenvalue weighted by Crippen LogP contribution is -2.11. The molecule has 4 rings (SSSR count). The number of hydrogen-bond acceptors (Lipinski definition) is 3. The Labute approximate surface area is 171 Å². The van der Waals surface area contributed by atoms with Crippen LogP contribution in [-0.4, -0.2) is 7.05 Å². The van der Waals surface area contributed by atoms with Crippen molar-refractivity contribution in [1.82, 2.24) is 0 Å². The fourth-order valence-electron chi connectivity index (χ4n) is 3.34. The third-order valence-electron chi connectivity index (χ3n) is 4.91. The molecule has 0 heterocycles. The smallest absolute Gasteiger partial charge is 0.0991 e. The van der Waals surface area contributed by atoms with Gasteiger partial charge in [-0.2, -0.15) is 5.26 Å². The monoisotopic (exact) mass is 375 g/mol. The molecular formula is C26H21N3. The molecule has 0 fully saturated rings. The highest BCUT2D eigenvalue weighted by molar-refractivity contribution is 5.77. The van der Waals surface area contributed by atoms with Gasteiger partial charge < -0.3 is 9.80 Å². The highest BCUT2D eigenvalue weighted by Crippen LogP contribution is 2.35. The molecule has 0 saturated carbocycles. The van der Waals surface area contributed by atoms with E-state index in [1.54, 1.807) is 0 Å². The van der Waals surface area contributed by atoms with Gasteiger partial charge in [-0.15, -0.1) is 0 Å². The first-order valence-electron chi connectivity index (χ1n) is 9.50. The molecule has 0 aliphatic heterocycles. The number of nitriles is 1. The van der Waals surface area contributed by atoms with Gasteiger partial charge in [0.05, 0.1) is 11.6 Å². The van der Waals surface area contributed by atoms with Gasteiger partial charge in [0.15, 0.2) is 0 Å². The number of nitrogens with zero attached hydrogens (tertiary/aromatic N) is 3. The Balaban J connectivity index is 1.66. The molecule has 0 bridgehead atoms. The fourth-order valence-corrected chi connectivity index (χ4v) is 3.34. The van der Waals surface area contributed by atoms with E-state index in [0.717, 1.165) is 28.4 Å². The Kier molecular flexibility index (Phi) is 5.27. The van der Waals surface area contributed by atoms with Crippen molar-refractivity contribution < 1.29 is 0 Å². The van der Waals surface area contributed by atoms with Crippen LogP contribution in [0.2, 0.25) is 0 Å². The van der Waals surface area contributed by atoms with Crippen LogP contribution < -0.4 is 9.80 Å². The van der Waals surface area contributed by atoms with Crippen LogP contribution in [0.1, 0.15) is 5.56 Å². The Morgan fingerprint density at radius 1 is 0.517 bits per heavy atom. The van der Waals surface area contributed by atoms with Gasteiger partial charge in [-0.25, -0.2) is 0 Å². The second-order valence-corrected chi connectivity index (χ2v) is 6.74. The average molecular weight is 375 g/mol. The number of para-hydroxylation sites is 2. The van der Waals surface area contributed by atoms with Gasteiger partial charge in [0, 0.05) is 35.5 Å². The predicted molar refractivity (Wildman–Crippen MR) is 120 cm³/mol. The zero-order chi connectivity index (χ0) is 20.1. The van der Waals surface area contributed by atoms with Crippen molar-refractivity contribution in [3.63, 3.8) is 0 Å². The molecule has 29 heavy (non-hydrogen) atoms. The van der Waals surface area contributed by atoms with E-state index >= 15 is 0 Å². The first kappa shape index (κ1) is 18.3. The topological polar surface area (TPSA) is 30.3 Å². The summed E-state index contributed by atoms with van der Waals surface area (Å²) in [5, 5.41) is 8.99. The quantitative estimate of drug-likeness (QED) is 0.384. The number of benzene rings is 4. The number of anilines is 5. The second kappa shape index (κ2) is 8.33. The molecular weight excluding hydrogens is 354 g/mol. The van der Waals surface area contributed by atoms with E-state index in [1.807, 2.05) is 43.4 Å². The van der Waals surface area contributed by atoms with Gasteiger partial charge in [0.1, 0.15) is 0 Å². The van der Waals surface area contributed by atoms with Crippen LogP contribution in [0.3, 0.4) is 0 Å². The van der Waals surface area contributed by atoms with Crippen molar-refractivity contribution in [1.29, 1.82) is 5.26 Å². The van der Waals surface area contributed by atoms with Crippen molar-refractivity contribution in [2.45, 2.75) is 0 Å². The van der Waals surface area contributed by atoms with E-state index in [4.69, 9.17) is 5.26 Å². The van der Waals surface area contributed by atoms with Crippen LogP contribution in [0.15, 0.2) is 109 Å². The summed E-state index contributed by atoms with van der Waals surface area (Å²) < 4.78 is 0. The Bertz CT molecular complexity index is 1060. The molecule has 0 spiro atoms. The normalized spacial score (nSPS) is 10.2. The standard InChI is InChI=1S/C26H21N3/c1-28(22-14-12-21(20-27)13-15-22)23-16-18-26(19-17-23)29(24-8-4-2-5-9-24)25-10-6-3-7-11-25/h2-19H,1H3. The second-order valence-electron chi connectivity index (χ2n) is 6.74. The maximum absolute atomic E-state index is 8.99. The summed E-state index contributed by atoms with van der Waals surface area (Å²) in [7, 11) is 2.03. The molecule has 0 saturated heterocycles. The fraction of sp³-hybridized carbons (Fsp3) is 0.0385. The molecule has 4 aromatic carbocycles. The maximum atomic E-state index is 8.99. The average Bonchev–Trinajstić information content (AvgIpc) is 2.81. The predicted octanol–water partition coefficient (Wildman–Crippen LogP) is 6.80. The van der Waals surface area contributed by atoms with Crippen molar-refractivity contribution in [3.8, 4) is 6.07 Å². The van der Waals surface area contributed by atoms with E-state index in [9.17, 15) is 0 Å². The van der Waals surface area contributed by atoms with Crippen LogP contribution in [0.5, 0.6) is 0 Å². The van der Waals surface area contributed by atoms with Crippen LogP contribution in [0, 0.1) is 11.3 Å². The summed E-state index contributed by atoms with van der Waals surface area (Å²) in [6.07, 6.45) is 0. The molecule has 4 aromatic rings. The molecule has 0 radical (unpaired) electrons. The number of rotatable bonds is 5. The lowest BCUT2D eigenvalue weighted by atomic mass is 10.1. The molecule has 0 aliphatic rings.